The molecule has 0 unspecified atom stereocenters. The molecule has 8 nitrogen and oxygen atoms in total. The van der Waals surface area contributed by atoms with Crippen LogP contribution in [0.3, 0.4) is 0 Å². The fourth-order valence-electron chi connectivity index (χ4n) is 4.17. The van der Waals surface area contributed by atoms with E-state index in [4.69, 9.17) is 23.1 Å². The molecule has 1 fully saturated rings. The Bertz CT molecular complexity index is 1190. The van der Waals surface area contributed by atoms with Crippen LogP contribution in [0.1, 0.15) is 18.4 Å². The number of Topliss-reactive ketones (excluding diaryl/α,β-unsaturated/α-hetero) is 1. The third kappa shape index (κ3) is 4.32. The SMILES string of the molecule is NC(=O)n1cc(NC(=O)N2C[C@@H](N)C[C@H]2C(=O)CCc2ccccc2Cl)c2ccccc21. The molecule has 1 aliphatic heterocycles. The highest BCUT2D eigenvalue weighted by Gasteiger charge is 2.38. The smallest absolute Gasteiger partial charge is 0.323 e. The number of hydrogen-bond acceptors (Lipinski definition) is 4. The lowest BCUT2D eigenvalue weighted by molar-refractivity contribution is -0.122. The minimum Gasteiger partial charge on any atom is -0.351 e. The van der Waals surface area contributed by atoms with Crippen molar-refractivity contribution in [2.24, 2.45) is 11.5 Å². The van der Waals surface area contributed by atoms with Gasteiger partial charge in [0.05, 0.1) is 17.2 Å². The first kappa shape index (κ1) is 21.9. The summed E-state index contributed by atoms with van der Waals surface area (Å²) in [6, 6.07) is 12.5. The predicted molar refractivity (Wildman–Crippen MR) is 124 cm³/mol. The van der Waals surface area contributed by atoms with Gasteiger partial charge in [-0.1, -0.05) is 48.0 Å². The third-order valence-corrected chi connectivity index (χ3v) is 6.12. The molecular formula is C23H24ClN5O3. The van der Waals surface area contributed by atoms with E-state index in [0.717, 1.165) is 5.56 Å². The van der Waals surface area contributed by atoms with Gasteiger partial charge in [-0.25, -0.2) is 9.59 Å². The summed E-state index contributed by atoms with van der Waals surface area (Å²) in [5.41, 5.74) is 13.4. The minimum absolute atomic E-state index is 0.0624. The molecule has 0 saturated carbocycles. The van der Waals surface area contributed by atoms with E-state index >= 15 is 0 Å². The van der Waals surface area contributed by atoms with Crippen LogP contribution < -0.4 is 16.8 Å². The van der Waals surface area contributed by atoms with Gasteiger partial charge in [0, 0.05) is 35.6 Å². The average molecular weight is 454 g/mol. The molecule has 9 heteroatoms. The van der Waals surface area contributed by atoms with Crippen molar-refractivity contribution in [1.82, 2.24) is 9.47 Å². The number of likely N-dealkylation sites (tertiary alicyclic amines) is 1. The van der Waals surface area contributed by atoms with Gasteiger partial charge in [-0.2, -0.15) is 0 Å². The summed E-state index contributed by atoms with van der Waals surface area (Å²) in [4.78, 5) is 39.3. The van der Waals surface area contributed by atoms with Gasteiger partial charge in [0.15, 0.2) is 5.78 Å². The molecule has 32 heavy (non-hydrogen) atoms. The highest BCUT2D eigenvalue weighted by atomic mass is 35.5. The first-order valence-electron chi connectivity index (χ1n) is 10.3. The number of benzene rings is 2. The number of urea groups is 1. The number of nitrogens with one attached hydrogen (secondary N) is 1. The van der Waals surface area contributed by atoms with Gasteiger partial charge in [0.2, 0.25) is 0 Å². The number of rotatable bonds is 5. The van der Waals surface area contributed by atoms with Crippen LogP contribution in [0.4, 0.5) is 15.3 Å². The topological polar surface area (TPSA) is 123 Å². The molecule has 4 rings (SSSR count). The molecular weight excluding hydrogens is 430 g/mol. The van der Waals surface area contributed by atoms with E-state index in [1.807, 2.05) is 18.2 Å². The maximum absolute atomic E-state index is 13.1. The highest BCUT2D eigenvalue weighted by Crippen LogP contribution is 2.28. The standard InChI is InChI=1S/C23H24ClN5O3/c24-17-7-3-1-5-14(17)9-10-21(30)20-11-15(25)12-29(20)23(32)27-18-13-28(22(26)31)19-8-4-2-6-16(18)19/h1-8,13,15,20H,9-12,25H2,(H2,26,31)(H,27,32)/t15-,20-/m0/s1. The van der Waals surface area contributed by atoms with Gasteiger partial charge in [-0.15, -0.1) is 0 Å². The van der Waals surface area contributed by atoms with Gasteiger partial charge < -0.3 is 21.7 Å². The van der Waals surface area contributed by atoms with Crippen LogP contribution >= 0.6 is 11.6 Å². The molecule has 2 aromatic carbocycles. The number of hydrogen-bond donors (Lipinski definition) is 3. The van der Waals surface area contributed by atoms with Gasteiger partial charge >= 0.3 is 12.1 Å². The zero-order chi connectivity index (χ0) is 22.8. The maximum Gasteiger partial charge on any atom is 0.323 e. The number of amides is 3. The Morgan fingerprint density at radius 1 is 1.09 bits per heavy atom. The summed E-state index contributed by atoms with van der Waals surface area (Å²) in [7, 11) is 0. The Morgan fingerprint density at radius 2 is 1.81 bits per heavy atom. The molecule has 0 spiro atoms. The molecule has 2 atom stereocenters. The number of primary amides is 1. The van der Waals surface area contributed by atoms with Crippen LogP contribution in [0.2, 0.25) is 5.02 Å². The molecule has 0 bridgehead atoms. The molecule has 0 radical (unpaired) electrons. The number of carbonyl (C=O) groups is 3. The summed E-state index contributed by atoms with van der Waals surface area (Å²) in [6.07, 6.45) is 2.63. The van der Waals surface area contributed by atoms with Crippen LogP contribution in [-0.2, 0) is 11.2 Å². The summed E-state index contributed by atoms with van der Waals surface area (Å²) in [6.45, 7) is 0.267. The number of aryl methyl sites for hydroxylation is 1. The van der Waals surface area contributed by atoms with Crippen LogP contribution in [0, 0.1) is 0 Å². The number of nitrogens with zero attached hydrogens (tertiary/aromatic N) is 2. The lowest BCUT2D eigenvalue weighted by Gasteiger charge is -2.24. The first-order valence-corrected chi connectivity index (χ1v) is 10.7. The molecule has 3 amide bonds. The summed E-state index contributed by atoms with van der Waals surface area (Å²) < 4.78 is 1.27. The van der Waals surface area contributed by atoms with Crippen LogP contribution in [0.15, 0.2) is 54.7 Å². The number of fused-ring (bicyclic) bond motifs is 1. The molecule has 166 valence electrons. The number of aromatic nitrogens is 1. The molecule has 1 saturated heterocycles. The zero-order valence-corrected chi connectivity index (χ0v) is 18.1. The Morgan fingerprint density at radius 3 is 2.56 bits per heavy atom. The molecule has 3 aromatic rings. The van der Waals surface area contributed by atoms with E-state index in [9.17, 15) is 14.4 Å². The van der Waals surface area contributed by atoms with Crippen molar-refractivity contribution >= 4 is 46.0 Å². The van der Waals surface area contributed by atoms with E-state index in [0.29, 0.717) is 34.5 Å². The highest BCUT2D eigenvalue weighted by molar-refractivity contribution is 6.31. The fraction of sp³-hybridized carbons (Fsp3) is 0.261. The summed E-state index contributed by atoms with van der Waals surface area (Å²) in [5.74, 6) is -0.0624. The Kier molecular flexibility index (Phi) is 6.16. The number of halogens is 1. The maximum atomic E-state index is 13.1. The third-order valence-electron chi connectivity index (χ3n) is 5.76. The predicted octanol–water partition coefficient (Wildman–Crippen LogP) is 3.36. The Hall–Kier alpha value is -3.36. The first-order chi connectivity index (χ1) is 15.3. The molecule has 1 aromatic heterocycles. The van der Waals surface area contributed by atoms with Crippen LogP contribution in [0.25, 0.3) is 10.9 Å². The Balaban J connectivity index is 1.50. The monoisotopic (exact) mass is 453 g/mol. The summed E-state index contributed by atoms with van der Waals surface area (Å²) >= 11 is 6.19. The molecule has 2 heterocycles. The van der Waals surface area contributed by atoms with Gasteiger partial charge in [0.1, 0.15) is 0 Å². The van der Waals surface area contributed by atoms with Crippen LogP contribution in [0.5, 0.6) is 0 Å². The quantitative estimate of drug-likeness (QED) is 0.548. The number of para-hydroxylation sites is 1. The molecule has 5 N–H and O–H groups in total. The number of carbonyl (C=O) groups excluding carboxylic acids is 3. The van der Waals surface area contributed by atoms with E-state index < -0.39 is 18.1 Å². The largest absolute Gasteiger partial charge is 0.351 e. The second kappa shape index (κ2) is 9.02. The fourth-order valence-corrected chi connectivity index (χ4v) is 4.40. The van der Waals surface area contributed by atoms with Gasteiger partial charge in [0.25, 0.3) is 0 Å². The van der Waals surface area contributed by atoms with E-state index in [2.05, 4.69) is 5.32 Å². The van der Waals surface area contributed by atoms with Crippen LogP contribution in [-0.4, -0.2) is 45.9 Å². The number of nitrogens with two attached hydrogens (primary N) is 2. The van der Waals surface area contributed by atoms with Crippen molar-refractivity contribution in [3.8, 4) is 0 Å². The molecule has 0 aliphatic carbocycles. The van der Waals surface area contributed by atoms with E-state index in [1.165, 1.54) is 15.7 Å². The van der Waals surface area contributed by atoms with Crippen molar-refractivity contribution in [2.75, 3.05) is 11.9 Å². The second-order valence-electron chi connectivity index (χ2n) is 7.92. The lowest BCUT2D eigenvalue weighted by atomic mass is 10.0. The number of ketones is 1. The summed E-state index contributed by atoms with van der Waals surface area (Å²) in [5, 5.41) is 4.11. The second-order valence-corrected chi connectivity index (χ2v) is 8.33. The van der Waals surface area contributed by atoms with Crippen molar-refractivity contribution in [3.63, 3.8) is 0 Å². The van der Waals surface area contributed by atoms with Crippen molar-refractivity contribution < 1.29 is 14.4 Å². The molecule has 1 aliphatic rings. The Labute approximate surface area is 190 Å². The van der Waals surface area contributed by atoms with Gasteiger partial charge in [-0.05, 0) is 30.5 Å². The van der Waals surface area contributed by atoms with Crippen molar-refractivity contribution in [2.45, 2.75) is 31.3 Å². The normalized spacial score (nSPS) is 18.1. The van der Waals surface area contributed by atoms with E-state index in [1.54, 1.807) is 30.3 Å². The van der Waals surface area contributed by atoms with Crippen molar-refractivity contribution in [3.05, 3.63) is 65.3 Å². The average Bonchev–Trinajstić information content (AvgIpc) is 3.34. The van der Waals surface area contributed by atoms with Crippen molar-refractivity contribution in [1.29, 1.82) is 0 Å². The van der Waals surface area contributed by atoms with E-state index in [-0.39, 0.29) is 24.8 Å². The minimum atomic E-state index is -0.655. The zero-order valence-electron chi connectivity index (χ0n) is 17.3. The number of anilines is 1. The van der Waals surface area contributed by atoms with Gasteiger partial charge in [-0.3, -0.25) is 9.36 Å². The lowest BCUT2D eigenvalue weighted by Crippen LogP contribution is -2.43.